The molecule has 5 heteroatoms. The van der Waals surface area contributed by atoms with E-state index >= 15 is 0 Å². The number of hydrogen-bond donors (Lipinski definition) is 2. The Morgan fingerprint density at radius 2 is 1.75 bits per heavy atom. The largest absolute Gasteiger partial charge is 0.478 e. The van der Waals surface area contributed by atoms with Crippen LogP contribution in [0.4, 0.5) is 5.69 Å². The third-order valence-corrected chi connectivity index (χ3v) is 2.77. The van der Waals surface area contributed by atoms with Crippen molar-refractivity contribution in [2.45, 2.75) is 33.1 Å². The Labute approximate surface area is 118 Å². The number of amides is 1. The van der Waals surface area contributed by atoms with Gasteiger partial charge in [-0.2, -0.15) is 0 Å². The van der Waals surface area contributed by atoms with E-state index in [2.05, 4.69) is 5.32 Å². The number of Topliss-reactive ketones (excluding diaryl/α,β-unsaturated/α-hetero) is 1. The van der Waals surface area contributed by atoms with Gasteiger partial charge in [0.15, 0.2) is 0 Å². The maximum atomic E-state index is 11.6. The highest BCUT2D eigenvalue weighted by Gasteiger charge is 2.11. The van der Waals surface area contributed by atoms with Gasteiger partial charge in [-0.15, -0.1) is 0 Å². The summed E-state index contributed by atoms with van der Waals surface area (Å²) >= 11 is 0. The second-order valence-electron chi connectivity index (χ2n) is 5.08. The second kappa shape index (κ2) is 7.43. The average Bonchev–Trinajstić information content (AvgIpc) is 2.36. The number of carbonyl (C=O) groups excluding carboxylic acids is 2. The van der Waals surface area contributed by atoms with E-state index in [9.17, 15) is 14.4 Å². The topological polar surface area (TPSA) is 83.5 Å². The van der Waals surface area contributed by atoms with Crippen LogP contribution in [0.2, 0.25) is 0 Å². The van der Waals surface area contributed by atoms with Gasteiger partial charge >= 0.3 is 5.97 Å². The predicted molar refractivity (Wildman–Crippen MR) is 75.7 cm³/mol. The van der Waals surface area contributed by atoms with Crippen molar-refractivity contribution >= 4 is 23.3 Å². The first kappa shape index (κ1) is 15.9. The standard InChI is InChI=1S/C15H19NO4/c1-10(2)3-8-13(17)9-14(18)16-12-6-4-11(5-7-12)15(19)20/h4-7,10H,3,8-9H2,1-2H3,(H,16,18)(H,19,20). The van der Waals surface area contributed by atoms with E-state index in [-0.39, 0.29) is 23.7 Å². The van der Waals surface area contributed by atoms with Gasteiger partial charge in [0, 0.05) is 12.1 Å². The number of aromatic carboxylic acids is 1. The molecule has 20 heavy (non-hydrogen) atoms. The first-order valence-corrected chi connectivity index (χ1v) is 6.53. The molecular weight excluding hydrogens is 258 g/mol. The van der Waals surface area contributed by atoms with Crippen molar-refractivity contribution in [3.05, 3.63) is 29.8 Å². The Hall–Kier alpha value is -2.17. The maximum absolute atomic E-state index is 11.6. The van der Waals surface area contributed by atoms with Crippen molar-refractivity contribution < 1.29 is 19.5 Å². The van der Waals surface area contributed by atoms with Crippen LogP contribution in [0.25, 0.3) is 0 Å². The minimum absolute atomic E-state index is 0.0849. The normalized spacial score (nSPS) is 10.3. The number of nitrogens with one attached hydrogen (secondary N) is 1. The molecule has 1 aromatic rings. The molecule has 0 saturated carbocycles. The van der Waals surface area contributed by atoms with E-state index < -0.39 is 5.97 Å². The molecular formula is C15H19NO4. The van der Waals surface area contributed by atoms with E-state index in [0.717, 1.165) is 6.42 Å². The average molecular weight is 277 g/mol. The maximum Gasteiger partial charge on any atom is 0.335 e. The van der Waals surface area contributed by atoms with Crippen LogP contribution in [0, 0.1) is 5.92 Å². The lowest BCUT2D eigenvalue weighted by Crippen LogP contribution is -2.16. The Balaban J connectivity index is 2.46. The van der Waals surface area contributed by atoms with Crippen LogP contribution >= 0.6 is 0 Å². The molecule has 0 spiro atoms. The van der Waals surface area contributed by atoms with Crippen LogP contribution in [0.5, 0.6) is 0 Å². The van der Waals surface area contributed by atoms with Crippen LogP contribution in [-0.2, 0) is 9.59 Å². The summed E-state index contributed by atoms with van der Waals surface area (Å²) in [6.07, 6.45) is 1.04. The summed E-state index contributed by atoms with van der Waals surface area (Å²) in [6.45, 7) is 4.05. The van der Waals surface area contributed by atoms with Crippen LogP contribution in [0.1, 0.15) is 43.5 Å². The van der Waals surface area contributed by atoms with Crippen molar-refractivity contribution in [3.8, 4) is 0 Å². The molecule has 1 aromatic carbocycles. The SMILES string of the molecule is CC(C)CCC(=O)CC(=O)Nc1ccc(C(=O)O)cc1. The quantitative estimate of drug-likeness (QED) is 0.750. The molecule has 5 nitrogen and oxygen atoms in total. The van der Waals surface area contributed by atoms with Gasteiger partial charge < -0.3 is 10.4 Å². The molecule has 1 rings (SSSR count). The summed E-state index contributed by atoms with van der Waals surface area (Å²) in [5, 5.41) is 11.3. The molecule has 108 valence electrons. The lowest BCUT2D eigenvalue weighted by molar-refractivity contribution is -0.125. The first-order chi connectivity index (χ1) is 9.38. The van der Waals surface area contributed by atoms with E-state index in [1.807, 2.05) is 13.8 Å². The summed E-state index contributed by atoms with van der Waals surface area (Å²) in [4.78, 5) is 33.9. The van der Waals surface area contributed by atoms with Crippen molar-refractivity contribution in [1.29, 1.82) is 0 Å². The molecule has 0 atom stereocenters. The van der Waals surface area contributed by atoms with E-state index in [4.69, 9.17) is 5.11 Å². The lowest BCUT2D eigenvalue weighted by atomic mass is 10.0. The number of anilines is 1. The third-order valence-electron chi connectivity index (χ3n) is 2.77. The molecule has 0 saturated heterocycles. The monoisotopic (exact) mass is 277 g/mol. The van der Waals surface area contributed by atoms with Gasteiger partial charge in [0.25, 0.3) is 0 Å². The van der Waals surface area contributed by atoms with Crippen LogP contribution in [0.3, 0.4) is 0 Å². The number of benzene rings is 1. The second-order valence-corrected chi connectivity index (χ2v) is 5.08. The molecule has 0 unspecified atom stereocenters. The smallest absolute Gasteiger partial charge is 0.335 e. The van der Waals surface area contributed by atoms with Gasteiger partial charge in [0.1, 0.15) is 5.78 Å². The zero-order valence-corrected chi connectivity index (χ0v) is 11.7. The molecule has 0 aliphatic rings. The van der Waals surface area contributed by atoms with Crippen molar-refractivity contribution in [1.82, 2.24) is 0 Å². The van der Waals surface area contributed by atoms with Gasteiger partial charge in [0.05, 0.1) is 12.0 Å². The molecule has 0 radical (unpaired) electrons. The lowest BCUT2D eigenvalue weighted by Gasteiger charge is -2.06. The van der Waals surface area contributed by atoms with Crippen molar-refractivity contribution in [3.63, 3.8) is 0 Å². The van der Waals surface area contributed by atoms with Gasteiger partial charge in [-0.3, -0.25) is 9.59 Å². The predicted octanol–water partition coefficient (Wildman–Crippen LogP) is 2.72. The Morgan fingerprint density at radius 1 is 1.15 bits per heavy atom. The number of ketones is 1. The molecule has 0 bridgehead atoms. The first-order valence-electron chi connectivity index (χ1n) is 6.53. The minimum Gasteiger partial charge on any atom is -0.478 e. The summed E-state index contributed by atoms with van der Waals surface area (Å²) in [5.74, 6) is -1.04. The van der Waals surface area contributed by atoms with Gasteiger partial charge in [-0.25, -0.2) is 4.79 Å². The number of hydrogen-bond acceptors (Lipinski definition) is 3. The minimum atomic E-state index is -1.02. The molecule has 1 amide bonds. The fourth-order valence-electron chi connectivity index (χ4n) is 1.62. The molecule has 0 fully saturated rings. The number of rotatable bonds is 7. The van der Waals surface area contributed by atoms with Crippen molar-refractivity contribution in [2.75, 3.05) is 5.32 Å². The van der Waals surface area contributed by atoms with Crippen LogP contribution < -0.4 is 5.32 Å². The number of carboxylic acids is 1. The van der Waals surface area contributed by atoms with Crippen LogP contribution in [-0.4, -0.2) is 22.8 Å². The molecule has 2 N–H and O–H groups in total. The Bertz CT molecular complexity index is 491. The molecule has 0 heterocycles. The highest BCUT2D eigenvalue weighted by atomic mass is 16.4. The third kappa shape index (κ3) is 5.65. The highest BCUT2D eigenvalue weighted by molar-refractivity contribution is 6.04. The van der Waals surface area contributed by atoms with E-state index in [1.165, 1.54) is 24.3 Å². The molecule has 0 aliphatic carbocycles. The van der Waals surface area contributed by atoms with Gasteiger partial charge in [-0.05, 0) is 36.6 Å². The fraction of sp³-hybridized carbons (Fsp3) is 0.400. The zero-order chi connectivity index (χ0) is 15.1. The Kier molecular flexibility index (Phi) is 5.90. The summed E-state index contributed by atoms with van der Waals surface area (Å²) in [6, 6.07) is 5.80. The Morgan fingerprint density at radius 3 is 2.25 bits per heavy atom. The van der Waals surface area contributed by atoms with Gasteiger partial charge in [-0.1, -0.05) is 13.8 Å². The molecule has 0 aromatic heterocycles. The number of carbonyl (C=O) groups is 3. The van der Waals surface area contributed by atoms with Gasteiger partial charge in [0.2, 0.25) is 5.91 Å². The highest BCUT2D eigenvalue weighted by Crippen LogP contribution is 2.11. The van der Waals surface area contributed by atoms with Crippen molar-refractivity contribution in [2.24, 2.45) is 5.92 Å². The zero-order valence-electron chi connectivity index (χ0n) is 11.7. The number of carboxylic acid groups (broad SMARTS) is 1. The summed E-state index contributed by atoms with van der Waals surface area (Å²) in [5.41, 5.74) is 0.632. The summed E-state index contributed by atoms with van der Waals surface area (Å²) < 4.78 is 0. The summed E-state index contributed by atoms with van der Waals surface area (Å²) in [7, 11) is 0. The molecule has 0 aliphatic heterocycles. The van der Waals surface area contributed by atoms with E-state index in [1.54, 1.807) is 0 Å². The van der Waals surface area contributed by atoms with E-state index in [0.29, 0.717) is 18.0 Å². The fourth-order valence-corrected chi connectivity index (χ4v) is 1.62. The van der Waals surface area contributed by atoms with Crippen LogP contribution in [0.15, 0.2) is 24.3 Å².